The summed E-state index contributed by atoms with van der Waals surface area (Å²) in [6, 6.07) is 12.3. The molecule has 0 spiro atoms. The zero-order valence-corrected chi connectivity index (χ0v) is 12.0. The summed E-state index contributed by atoms with van der Waals surface area (Å²) in [7, 11) is 1.70. The molecule has 0 aliphatic heterocycles. The van der Waals surface area contributed by atoms with Crippen molar-refractivity contribution in [3.63, 3.8) is 0 Å². The third-order valence-corrected chi connectivity index (χ3v) is 4.05. The number of nitrogens with one attached hydrogen (secondary N) is 1. The highest BCUT2D eigenvalue weighted by atomic mass is 35.5. The summed E-state index contributed by atoms with van der Waals surface area (Å²) in [5.41, 5.74) is 1.17. The largest absolute Gasteiger partial charge is 0.496 e. The lowest BCUT2D eigenvalue weighted by atomic mass is 10.1. The Labute approximate surface area is 117 Å². The van der Waals surface area contributed by atoms with Gasteiger partial charge in [-0.05, 0) is 25.1 Å². The topological polar surface area (TPSA) is 21.3 Å². The summed E-state index contributed by atoms with van der Waals surface area (Å²) in [5, 5.41) is 3.48. The van der Waals surface area contributed by atoms with Gasteiger partial charge in [0.1, 0.15) is 5.75 Å². The van der Waals surface area contributed by atoms with Crippen LogP contribution in [-0.2, 0) is 6.54 Å². The summed E-state index contributed by atoms with van der Waals surface area (Å²) in [6.45, 7) is 2.95. The van der Waals surface area contributed by atoms with Gasteiger partial charge in [0.2, 0.25) is 0 Å². The molecule has 96 valence electrons. The van der Waals surface area contributed by atoms with E-state index in [-0.39, 0.29) is 6.04 Å². The summed E-state index contributed by atoms with van der Waals surface area (Å²) in [5.74, 6) is 0.918. The Morgan fingerprint density at radius 2 is 2.06 bits per heavy atom. The first kappa shape index (κ1) is 13.4. The Morgan fingerprint density at radius 3 is 2.72 bits per heavy atom. The predicted octanol–water partition coefficient (Wildman–Crippen LogP) is 4.26. The zero-order valence-electron chi connectivity index (χ0n) is 10.4. The number of methoxy groups -OCH3 is 1. The molecule has 1 heterocycles. The molecule has 0 aliphatic carbocycles. The lowest BCUT2D eigenvalue weighted by Gasteiger charge is -2.16. The van der Waals surface area contributed by atoms with Gasteiger partial charge in [-0.25, -0.2) is 0 Å². The fourth-order valence-corrected chi connectivity index (χ4v) is 2.87. The molecule has 0 amide bonds. The first-order valence-electron chi connectivity index (χ1n) is 5.81. The number of ether oxygens (including phenoxy) is 1. The average molecular weight is 282 g/mol. The van der Waals surface area contributed by atoms with Crippen LogP contribution >= 0.6 is 22.9 Å². The van der Waals surface area contributed by atoms with Crippen LogP contribution < -0.4 is 10.1 Å². The number of benzene rings is 1. The van der Waals surface area contributed by atoms with Crippen LogP contribution in [0.1, 0.15) is 23.4 Å². The fraction of sp³-hybridized carbons (Fsp3) is 0.286. The van der Waals surface area contributed by atoms with Gasteiger partial charge in [-0.2, -0.15) is 0 Å². The van der Waals surface area contributed by atoms with Gasteiger partial charge >= 0.3 is 0 Å². The Hall–Kier alpha value is -1.03. The zero-order chi connectivity index (χ0) is 13.0. The molecule has 0 fully saturated rings. The second-order valence-corrected chi connectivity index (χ2v) is 5.85. The Bertz CT molecular complexity index is 512. The van der Waals surface area contributed by atoms with Gasteiger partial charge in [0, 0.05) is 23.0 Å². The van der Waals surface area contributed by atoms with Crippen LogP contribution in [0.3, 0.4) is 0 Å². The van der Waals surface area contributed by atoms with E-state index >= 15 is 0 Å². The van der Waals surface area contributed by atoms with Crippen molar-refractivity contribution in [1.29, 1.82) is 0 Å². The van der Waals surface area contributed by atoms with Crippen LogP contribution in [0.2, 0.25) is 4.34 Å². The Balaban J connectivity index is 2.01. The van der Waals surface area contributed by atoms with E-state index in [0.717, 1.165) is 16.6 Å². The second-order valence-electron chi connectivity index (χ2n) is 4.05. The lowest BCUT2D eigenvalue weighted by molar-refractivity contribution is 0.401. The van der Waals surface area contributed by atoms with Gasteiger partial charge in [-0.15, -0.1) is 11.3 Å². The molecule has 2 aromatic rings. The maximum absolute atomic E-state index is 5.91. The van der Waals surface area contributed by atoms with Crippen molar-refractivity contribution < 1.29 is 4.74 Å². The van der Waals surface area contributed by atoms with Crippen molar-refractivity contribution in [2.75, 3.05) is 7.11 Å². The molecule has 1 aromatic carbocycles. The van der Waals surface area contributed by atoms with Crippen molar-refractivity contribution in [3.8, 4) is 5.75 Å². The van der Waals surface area contributed by atoms with Gasteiger partial charge in [-0.3, -0.25) is 0 Å². The van der Waals surface area contributed by atoms with Crippen molar-refractivity contribution >= 4 is 22.9 Å². The van der Waals surface area contributed by atoms with Crippen molar-refractivity contribution in [3.05, 3.63) is 51.2 Å². The van der Waals surface area contributed by atoms with Crippen LogP contribution in [-0.4, -0.2) is 7.11 Å². The van der Waals surface area contributed by atoms with Gasteiger partial charge in [0.05, 0.1) is 11.4 Å². The van der Waals surface area contributed by atoms with Crippen LogP contribution in [0.4, 0.5) is 0 Å². The van der Waals surface area contributed by atoms with Crippen molar-refractivity contribution in [2.45, 2.75) is 19.5 Å². The lowest BCUT2D eigenvalue weighted by Crippen LogP contribution is -2.18. The van der Waals surface area contributed by atoms with Gasteiger partial charge in [-0.1, -0.05) is 29.8 Å². The van der Waals surface area contributed by atoms with E-state index < -0.39 is 0 Å². The molecule has 18 heavy (non-hydrogen) atoms. The molecular formula is C14H16ClNOS. The number of hydrogen-bond donors (Lipinski definition) is 1. The molecule has 0 saturated carbocycles. The number of halogens is 1. The number of para-hydroxylation sites is 1. The summed E-state index contributed by atoms with van der Waals surface area (Å²) in [4.78, 5) is 1.24. The van der Waals surface area contributed by atoms with E-state index in [1.165, 1.54) is 10.4 Å². The van der Waals surface area contributed by atoms with Crippen molar-refractivity contribution in [2.24, 2.45) is 0 Å². The van der Waals surface area contributed by atoms with E-state index in [1.807, 2.05) is 24.3 Å². The average Bonchev–Trinajstić information content (AvgIpc) is 2.81. The van der Waals surface area contributed by atoms with E-state index in [0.29, 0.717) is 0 Å². The summed E-state index contributed by atoms with van der Waals surface area (Å²) in [6.07, 6.45) is 0. The van der Waals surface area contributed by atoms with E-state index in [9.17, 15) is 0 Å². The molecule has 1 N–H and O–H groups in total. The minimum absolute atomic E-state index is 0.238. The predicted molar refractivity (Wildman–Crippen MR) is 77.6 cm³/mol. The summed E-state index contributed by atoms with van der Waals surface area (Å²) >= 11 is 7.52. The molecule has 4 heteroatoms. The number of rotatable bonds is 5. The Kier molecular flexibility index (Phi) is 4.64. The van der Waals surface area contributed by atoms with Crippen LogP contribution in [0, 0.1) is 0 Å². The quantitative estimate of drug-likeness (QED) is 0.884. The van der Waals surface area contributed by atoms with E-state index in [1.54, 1.807) is 18.4 Å². The molecular weight excluding hydrogens is 266 g/mol. The number of thiophene rings is 1. The van der Waals surface area contributed by atoms with Gasteiger partial charge in [0.25, 0.3) is 0 Å². The third-order valence-electron chi connectivity index (χ3n) is 2.82. The molecule has 1 aromatic heterocycles. The highest BCUT2D eigenvalue weighted by Crippen LogP contribution is 2.26. The maximum Gasteiger partial charge on any atom is 0.123 e. The van der Waals surface area contributed by atoms with Gasteiger partial charge < -0.3 is 10.1 Å². The normalized spacial score (nSPS) is 12.4. The third kappa shape index (κ3) is 3.25. The first-order valence-corrected chi connectivity index (χ1v) is 7.00. The standard InChI is InChI=1S/C14H16ClNOS/c1-10(12-5-3-4-6-13(12)17-2)16-9-11-7-8-14(15)18-11/h3-8,10,16H,9H2,1-2H3/t10-/m0/s1. The van der Waals surface area contributed by atoms with Crippen LogP contribution in [0.15, 0.2) is 36.4 Å². The minimum atomic E-state index is 0.238. The maximum atomic E-state index is 5.91. The molecule has 0 saturated heterocycles. The highest BCUT2D eigenvalue weighted by molar-refractivity contribution is 7.16. The molecule has 0 aliphatic rings. The first-order chi connectivity index (χ1) is 8.70. The molecule has 1 atom stereocenters. The molecule has 2 rings (SSSR count). The second kappa shape index (κ2) is 6.23. The van der Waals surface area contributed by atoms with E-state index in [4.69, 9.17) is 16.3 Å². The molecule has 0 bridgehead atoms. The highest BCUT2D eigenvalue weighted by Gasteiger charge is 2.10. The smallest absolute Gasteiger partial charge is 0.123 e. The number of hydrogen-bond acceptors (Lipinski definition) is 3. The molecule has 0 unspecified atom stereocenters. The Morgan fingerprint density at radius 1 is 1.28 bits per heavy atom. The molecule has 0 radical (unpaired) electrons. The fourth-order valence-electron chi connectivity index (χ4n) is 1.83. The molecule has 2 nitrogen and oxygen atoms in total. The van der Waals surface area contributed by atoms with Gasteiger partial charge in [0.15, 0.2) is 0 Å². The van der Waals surface area contributed by atoms with Crippen LogP contribution in [0.25, 0.3) is 0 Å². The van der Waals surface area contributed by atoms with Crippen LogP contribution in [0.5, 0.6) is 5.75 Å². The minimum Gasteiger partial charge on any atom is -0.496 e. The van der Waals surface area contributed by atoms with Crippen molar-refractivity contribution in [1.82, 2.24) is 5.32 Å². The SMILES string of the molecule is COc1ccccc1[C@H](C)NCc1ccc(Cl)s1. The summed E-state index contributed by atoms with van der Waals surface area (Å²) < 4.78 is 6.19. The van der Waals surface area contributed by atoms with E-state index in [2.05, 4.69) is 24.4 Å². The monoisotopic (exact) mass is 281 g/mol.